The Morgan fingerprint density at radius 1 is 0.683 bits per heavy atom. The molecule has 2 amide bonds. The lowest BCUT2D eigenvalue weighted by Crippen LogP contribution is -2.27. The first-order chi connectivity index (χ1) is 30.8. The van der Waals surface area contributed by atoms with Crippen LogP contribution in [0.2, 0.25) is 0 Å². The van der Waals surface area contributed by atoms with E-state index in [0.29, 0.717) is 118 Å². The van der Waals surface area contributed by atoms with Crippen LogP contribution in [-0.4, -0.2) is 156 Å². The van der Waals surface area contributed by atoms with E-state index < -0.39 is 6.09 Å². The number of benzene rings is 1. The Labute approximate surface area is 367 Å². The molecule has 0 aliphatic carbocycles. The molecule has 0 aliphatic rings. The summed E-state index contributed by atoms with van der Waals surface area (Å²) in [6, 6.07) is 15.5. The molecule has 18 heteroatoms. The summed E-state index contributed by atoms with van der Waals surface area (Å²) in [5.74, 6) is 0.557. The van der Waals surface area contributed by atoms with Gasteiger partial charge in [-0.25, -0.2) is 4.79 Å². The van der Waals surface area contributed by atoms with Gasteiger partial charge in [-0.05, 0) is 56.7 Å². The van der Waals surface area contributed by atoms with E-state index in [1.54, 1.807) is 6.20 Å². The summed E-state index contributed by atoms with van der Waals surface area (Å²) in [6.45, 7) is 13.4. The molecule has 0 saturated carbocycles. The summed E-state index contributed by atoms with van der Waals surface area (Å²) in [5.41, 5.74) is 7.84. The molecule has 0 fully saturated rings. The van der Waals surface area contributed by atoms with Crippen LogP contribution in [0.15, 0.2) is 71.6 Å². The van der Waals surface area contributed by atoms with Crippen molar-refractivity contribution in [3.05, 3.63) is 89.8 Å². The largest absolute Gasteiger partial charge is 0.465 e. The molecule has 0 aliphatic heterocycles. The zero-order valence-electron chi connectivity index (χ0n) is 36.4. The second kappa shape index (κ2) is 27.7. The molecule has 18 nitrogen and oxygen atoms in total. The average molecular weight is 877 g/mol. The number of rotatable bonds is 32. The maximum absolute atomic E-state index is 12.9. The van der Waals surface area contributed by atoms with Gasteiger partial charge in [0.15, 0.2) is 0 Å². The standard InChI is InChI=1S/C45H60N6O12/c1-33-42(35(3)63-50-33)38-30-41-43(49-31-38)39(32-51(41)34(2)40-6-4-5-11-46-40)36-7-9-37(10-8-36)44(52)47-12-14-55-16-18-57-20-22-59-24-26-61-28-29-62-27-25-60-23-21-58-19-17-56-15-13-48-45(53)54/h4-11,30-32,34,48H,12-29H2,1-3H3,(H,47,52)(H,53,54)/t34-/m0/s1. The summed E-state index contributed by atoms with van der Waals surface area (Å²) in [4.78, 5) is 32.8. The molecule has 0 radical (unpaired) electrons. The molecule has 0 saturated heterocycles. The van der Waals surface area contributed by atoms with Crippen LogP contribution in [0.1, 0.15) is 40.5 Å². The topological polar surface area (TPSA) is 209 Å². The predicted molar refractivity (Wildman–Crippen MR) is 233 cm³/mol. The first-order valence-electron chi connectivity index (χ1n) is 21.2. The predicted octanol–water partition coefficient (Wildman–Crippen LogP) is 5.11. The van der Waals surface area contributed by atoms with E-state index in [9.17, 15) is 9.59 Å². The highest BCUT2D eigenvalue weighted by atomic mass is 16.6. The lowest BCUT2D eigenvalue weighted by Gasteiger charge is -2.15. The molecular formula is C45H60N6O12. The Bertz CT molecular complexity index is 2060. The highest BCUT2D eigenvalue weighted by Crippen LogP contribution is 2.36. The summed E-state index contributed by atoms with van der Waals surface area (Å²) in [5, 5.41) is 17.7. The number of ether oxygens (including phenoxy) is 8. The average Bonchev–Trinajstić information content (AvgIpc) is 3.85. The minimum absolute atomic E-state index is 0.0624. The number of hydrogen-bond donors (Lipinski definition) is 3. The molecule has 0 bridgehead atoms. The monoisotopic (exact) mass is 876 g/mol. The second-order valence-corrected chi connectivity index (χ2v) is 14.1. The number of hydrogen-bond acceptors (Lipinski definition) is 14. The van der Waals surface area contributed by atoms with Crippen LogP contribution in [0, 0.1) is 13.8 Å². The maximum Gasteiger partial charge on any atom is 0.404 e. The number of aryl methyl sites for hydroxylation is 2. The van der Waals surface area contributed by atoms with Crippen molar-refractivity contribution in [1.82, 2.24) is 30.3 Å². The van der Waals surface area contributed by atoms with Crippen molar-refractivity contribution < 1.29 is 57.1 Å². The minimum atomic E-state index is -1.07. The fourth-order valence-corrected chi connectivity index (χ4v) is 6.47. The maximum atomic E-state index is 12.9. The van der Waals surface area contributed by atoms with Crippen molar-refractivity contribution in [2.75, 3.05) is 119 Å². The Balaban J connectivity index is 0.881. The summed E-state index contributed by atoms with van der Waals surface area (Å²) in [7, 11) is 0. The molecule has 4 aromatic heterocycles. The number of amides is 2. The van der Waals surface area contributed by atoms with Gasteiger partial charge in [0.1, 0.15) is 5.76 Å². The fourth-order valence-electron chi connectivity index (χ4n) is 6.47. The number of carboxylic acid groups (broad SMARTS) is 1. The number of aromatic nitrogens is 4. The highest BCUT2D eigenvalue weighted by molar-refractivity contribution is 5.97. The quantitative estimate of drug-likeness (QED) is 0.0480. The van der Waals surface area contributed by atoms with Crippen molar-refractivity contribution in [2.24, 2.45) is 0 Å². The third-order valence-corrected chi connectivity index (χ3v) is 9.64. The zero-order chi connectivity index (χ0) is 44.5. The lowest BCUT2D eigenvalue weighted by atomic mass is 10.0. The molecule has 5 aromatic rings. The van der Waals surface area contributed by atoms with Gasteiger partial charge in [0.2, 0.25) is 0 Å². The van der Waals surface area contributed by atoms with Crippen molar-refractivity contribution in [2.45, 2.75) is 26.8 Å². The van der Waals surface area contributed by atoms with Gasteiger partial charge < -0.3 is 62.7 Å². The van der Waals surface area contributed by atoms with Crippen LogP contribution < -0.4 is 10.6 Å². The molecule has 0 unspecified atom stereocenters. The number of nitrogens with zero attached hydrogens (tertiary/aromatic N) is 4. The smallest absolute Gasteiger partial charge is 0.404 e. The van der Waals surface area contributed by atoms with Gasteiger partial charge in [0, 0.05) is 53.9 Å². The van der Waals surface area contributed by atoms with Gasteiger partial charge >= 0.3 is 6.09 Å². The molecular weight excluding hydrogens is 817 g/mol. The van der Waals surface area contributed by atoms with Crippen molar-refractivity contribution in [3.63, 3.8) is 0 Å². The molecule has 1 atom stereocenters. The number of pyridine rings is 2. The van der Waals surface area contributed by atoms with E-state index in [4.69, 9.17) is 52.5 Å². The molecule has 63 heavy (non-hydrogen) atoms. The highest BCUT2D eigenvalue weighted by Gasteiger charge is 2.20. The van der Waals surface area contributed by atoms with E-state index in [1.165, 1.54) is 0 Å². The van der Waals surface area contributed by atoms with Gasteiger partial charge in [-0.3, -0.25) is 14.8 Å². The van der Waals surface area contributed by atoms with Crippen LogP contribution in [-0.2, 0) is 37.9 Å². The third-order valence-electron chi connectivity index (χ3n) is 9.64. The Kier molecular flexibility index (Phi) is 21.4. The lowest BCUT2D eigenvalue weighted by molar-refractivity contribution is -0.0229. The van der Waals surface area contributed by atoms with E-state index >= 15 is 0 Å². The molecule has 1 aromatic carbocycles. The molecule has 0 spiro atoms. The van der Waals surface area contributed by atoms with Crippen LogP contribution in [0.25, 0.3) is 33.3 Å². The zero-order valence-corrected chi connectivity index (χ0v) is 36.4. The molecule has 4 heterocycles. The van der Waals surface area contributed by atoms with Crippen LogP contribution >= 0.6 is 0 Å². The second-order valence-electron chi connectivity index (χ2n) is 14.1. The van der Waals surface area contributed by atoms with Gasteiger partial charge in [0.25, 0.3) is 5.91 Å². The van der Waals surface area contributed by atoms with E-state index in [1.807, 2.05) is 62.5 Å². The third kappa shape index (κ3) is 16.4. The normalized spacial score (nSPS) is 11.9. The summed E-state index contributed by atoms with van der Waals surface area (Å²) in [6.07, 6.45) is 4.69. The SMILES string of the molecule is Cc1noc(C)c1-c1cnc2c(-c3ccc(C(=O)NCCOCCOCCOCCOCCOCCOCCOCCOCCNC(=O)O)cc3)cn([C@@H](C)c3ccccn3)c2c1. The number of carbonyl (C=O) groups is 2. The van der Waals surface area contributed by atoms with Gasteiger partial charge in [-0.15, -0.1) is 0 Å². The van der Waals surface area contributed by atoms with E-state index in [-0.39, 0.29) is 18.5 Å². The molecule has 342 valence electrons. The summed E-state index contributed by atoms with van der Waals surface area (Å²) >= 11 is 0. The fraction of sp³-hybridized carbons (Fsp3) is 0.489. The van der Waals surface area contributed by atoms with Crippen LogP contribution in [0.4, 0.5) is 4.79 Å². The number of carbonyl (C=O) groups excluding carboxylic acids is 1. The van der Waals surface area contributed by atoms with Crippen molar-refractivity contribution in [1.29, 1.82) is 0 Å². The summed E-state index contributed by atoms with van der Waals surface area (Å²) < 4.78 is 51.4. The van der Waals surface area contributed by atoms with Gasteiger partial charge in [0.05, 0.1) is 134 Å². The van der Waals surface area contributed by atoms with E-state index in [2.05, 4.69) is 44.5 Å². The minimum Gasteiger partial charge on any atom is -0.465 e. The molecule has 3 N–H and O–H groups in total. The van der Waals surface area contributed by atoms with Crippen molar-refractivity contribution in [3.8, 4) is 22.3 Å². The Morgan fingerprint density at radius 3 is 1.68 bits per heavy atom. The first kappa shape index (κ1) is 48.7. The molecule has 5 rings (SSSR count). The van der Waals surface area contributed by atoms with Gasteiger partial charge in [-0.2, -0.15) is 0 Å². The number of nitrogens with one attached hydrogen (secondary N) is 2. The van der Waals surface area contributed by atoms with Gasteiger partial charge in [-0.1, -0.05) is 23.4 Å². The van der Waals surface area contributed by atoms with Crippen LogP contribution in [0.5, 0.6) is 0 Å². The Morgan fingerprint density at radius 2 is 1.21 bits per heavy atom. The Hall–Kier alpha value is -5.31. The van der Waals surface area contributed by atoms with Crippen LogP contribution in [0.3, 0.4) is 0 Å². The number of fused-ring (bicyclic) bond motifs is 1. The van der Waals surface area contributed by atoms with Crippen molar-refractivity contribution >= 4 is 23.0 Å². The first-order valence-corrected chi connectivity index (χ1v) is 21.2. The van der Waals surface area contributed by atoms with E-state index in [0.717, 1.165) is 50.4 Å².